The van der Waals surface area contributed by atoms with Crippen molar-refractivity contribution in [2.45, 2.75) is 0 Å². The summed E-state index contributed by atoms with van der Waals surface area (Å²) in [6.07, 6.45) is 1.51. The summed E-state index contributed by atoms with van der Waals surface area (Å²) in [5, 5.41) is 2.53. The lowest BCUT2D eigenvalue weighted by Crippen LogP contribution is -2.31. The zero-order valence-corrected chi connectivity index (χ0v) is 14.0. The number of carbonyl (C=O) groups excluding carboxylic acids is 2. The fraction of sp³-hybridized carbons (Fsp3) is 0.0588. The van der Waals surface area contributed by atoms with E-state index in [1.54, 1.807) is 55.6 Å². The largest absolute Gasteiger partial charge is 0.497 e. The quantitative estimate of drug-likeness (QED) is 0.789. The predicted molar refractivity (Wildman–Crippen MR) is 91.8 cm³/mol. The van der Waals surface area contributed by atoms with Gasteiger partial charge >= 0.3 is 0 Å². The third-order valence-electron chi connectivity index (χ3n) is 3.03. The number of nitrogens with two attached hydrogens (primary N) is 1. The molecule has 2 amide bonds. The van der Waals surface area contributed by atoms with E-state index >= 15 is 0 Å². The highest BCUT2D eigenvalue weighted by atomic mass is 79.9. The van der Waals surface area contributed by atoms with Crippen LogP contribution in [0.3, 0.4) is 0 Å². The van der Waals surface area contributed by atoms with E-state index in [9.17, 15) is 9.59 Å². The van der Waals surface area contributed by atoms with Crippen molar-refractivity contribution in [1.82, 2.24) is 5.32 Å². The lowest BCUT2D eigenvalue weighted by Gasteiger charge is -2.08. The Morgan fingerprint density at radius 3 is 2.43 bits per heavy atom. The molecule has 0 aliphatic heterocycles. The maximum Gasteiger partial charge on any atom is 0.265 e. The summed E-state index contributed by atoms with van der Waals surface area (Å²) in [7, 11) is 1.57. The van der Waals surface area contributed by atoms with Gasteiger partial charge in [0.2, 0.25) is 0 Å². The number of hydrogen-bond acceptors (Lipinski definition) is 3. The minimum atomic E-state index is -0.718. The maximum atomic E-state index is 12.2. The van der Waals surface area contributed by atoms with Gasteiger partial charge in [0.1, 0.15) is 11.4 Å². The van der Waals surface area contributed by atoms with Gasteiger partial charge in [-0.15, -0.1) is 0 Å². The van der Waals surface area contributed by atoms with Crippen LogP contribution in [-0.2, 0) is 4.79 Å². The van der Waals surface area contributed by atoms with Crippen LogP contribution in [0.1, 0.15) is 15.9 Å². The second-order valence-electron chi connectivity index (χ2n) is 4.66. The van der Waals surface area contributed by atoms with Crippen LogP contribution in [0.15, 0.2) is 58.7 Å². The van der Waals surface area contributed by atoms with Gasteiger partial charge in [-0.25, -0.2) is 0 Å². The van der Waals surface area contributed by atoms with Crippen LogP contribution in [0.4, 0.5) is 0 Å². The Morgan fingerprint density at radius 2 is 1.87 bits per heavy atom. The molecule has 6 heteroatoms. The molecule has 0 fully saturated rings. The Hall–Kier alpha value is -2.60. The molecule has 2 rings (SSSR count). The van der Waals surface area contributed by atoms with E-state index in [1.807, 2.05) is 0 Å². The summed E-state index contributed by atoms with van der Waals surface area (Å²) in [5.41, 5.74) is 6.49. The van der Waals surface area contributed by atoms with Gasteiger partial charge in [0.05, 0.1) is 7.11 Å². The monoisotopic (exact) mass is 374 g/mol. The van der Waals surface area contributed by atoms with Crippen LogP contribution in [-0.4, -0.2) is 18.9 Å². The van der Waals surface area contributed by atoms with Gasteiger partial charge in [0.15, 0.2) is 0 Å². The van der Waals surface area contributed by atoms with Gasteiger partial charge in [-0.1, -0.05) is 34.1 Å². The number of rotatable bonds is 5. The van der Waals surface area contributed by atoms with Crippen LogP contribution in [0, 0.1) is 0 Å². The molecule has 0 aliphatic carbocycles. The second-order valence-corrected chi connectivity index (χ2v) is 5.58. The Kier molecular flexibility index (Phi) is 5.54. The van der Waals surface area contributed by atoms with Crippen molar-refractivity contribution < 1.29 is 14.3 Å². The summed E-state index contributed by atoms with van der Waals surface area (Å²) >= 11 is 3.29. The Bertz CT molecular complexity index is 755. The molecule has 2 aromatic rings. The van der Waals surface area contributed by atoms with Crippen LogP contribution >= 0.6 is 15.9 Å². The molecule has 0 radical (unpaired) electrons. The van der Waals surface area contributed by atoms with E-state index in [4.69, 9.17) is 10.5 Å². The summed E-state index contributed by atoms with van der Waals surface area (Å²) in [6, 6.07) is 13.9. The van der Waals surface area contributed by atoms with Crippen LogP contribution < -0.4 is 15.8 Å². The van der Waals surface area contributed by atoms with Gasteiger partial charge in [-0.2, -0.15) is 0 Å². The molecule has 0 bridgehead atoms. The van der Waals surface area contributed by atoms with Gasteiger partial charge in [0, 0.05) is 10.0 Å². The molecule has 23 heavy (non-hydrogen) atoms. The topological polar surface area (TPSA) is 81.4 Å². The van der Waals surface area contributed by atoms with E-state index in [-0.39, 0.29) is 5.70 Å². The number of halogens is 1. The van der Waals surface area contributed by atoms with Crippen LogP contribution in [0.5, 0.6) is 5.75 Å². The first kappa shape index (κ1) is 16.8. The maximum absolute atomic E-state index is 12.2. The molecule has 0 atom stereocenters. The molecule has 0 spiro atoms. The lowest BCUT2D eigenvalue weighted by molar-refractivity contribution is -0.114. The predicted octanol–water partition coefficient (Wildman–Crippen LogP) is 2.71. The molecule has 0 saturated carbocycles. The molecular formula is C17H15BrN2O3. The van der Waals surface area contributed by atoms with E-state index in [0.29, 0.717) is 16.9 Å². The number of hydrogen-bond donors (Lipinski definition) is 2. The molecule has 5 nitrogen and oxygen atoms in total. The average molecular weight is 375 g/mol. The highest BCUT2D eigenvalue weighted by molar-refractivity contribution is 9.10. The summed E-state index contributed by atoms with van der Waals surface area (Å²) in [6.45, 7) is 0. The number of carbonyl (C=O) groups is 2. The third kappa shape index (κ3) is 4.69. The molecule has 3 N–H and O–H groups in total. The first-order chi connectivity index (χ1) is 11.0. The Morgan fingerprint density at radius 1 is 1.17 bits per heavy atom. The van der Waals surface area contributed by atoms with Crippen LogP contribution in [0.25, 0.3) is 6.08 Å². The minimum absolute atomic E-state index is 0.0140. The Balaban J connectivity index is 2.22. The Labute approximate surface area is 142 Å². The normalized spacial score (nSPS) is 11.0. The van der Waals surface area contributed by atoms with Crippen LogP contribution in [0.2, 0.25) is 0 Å². The smallest absolute Gasteiger partial charge is 0.265 e. The summed E-state index contributed by atoms with van der Waals surface area (Å²) < 4.78 is 5.84. The van der Waals surface area contributed by atoms with E-state index in [0.717, 1.165) is 4.47 Å². The number of benzene rings is 2. The summed E-state index contributed by atoms with van der Waals surface area (Å²) in [4.78, 5) is 23.8. The fourth-order valence-electron chi connectivity index (χ4n) is 1.86. The molecule has 0 aliphatic rings. The van der Waals surface area contributed by atoms with E-state index < -0.39 is 11.8 Å². The highest BCUT2D eigenvalue weighted by Crippen LogP contribution is 2.14. The minimum Gasteiger partial charge on any atom is -0.497 e. The fourth-order valence-corrected chi connectivity index (χ4v) is 2.26. The number of amides is 2. The lowest BCUT2D eigenvalue weighted by atomic mass is 10.1. The van der Waals surface area contributed by atoms with Gasteiger partial charge in [-0.05, 0) is 42.0 Å². The van der Waals surface area contributed by atoms with Gasteiger partial charge in [-0.3, -0.25) is 9.59 Å². The van der Waals surface area contributed by atoms with Gasteiger partial charge < -0.3 is 15.8 Å². The number of nitrogens with one attached hydrogen (secondary N) is 1. The number of primary amides is 1. The molecular weight excluding hydrogens is 360 g/mol. The first-order valence-electron chi connectivity index (χ1n) is 6.72. The molecule has 0 saturated heterocycles. The second kappa shape index (κ2) is 7.60. The van der Waals surface area contributed by atoms with Crippen molar-refractivity contribution in [2.24, 2.45) is 5.73 Å². The SMILES string of the molecule is COc1ccc(/C=C(\NC(=O)c2cccc(Br)c2)C(N)=O)cc1. The highest BCUT2D eigenvalue weighted by Gasteiger charge is 2.12. The standard InChI is InChI=1S/C17H15BrN2O3/c1-23-14-7-5-11(6-8-14)9-15(16(19)21)20-17(22)12-3-2-4-13(18)10-12/h2-10H,1H3,(H2,19,21)(H,20,22)/b15-9-. The van der Waals surface area contributed by atoms with Crippen molar-refractivity contribution in [3.05, 3.63) is 69.8 Å². The van der Waals surface area contributed by atoms with Crippen molar-refractivity contribution >= 4 is 33.8 Å². The van der Waals surface area contributed by atoms with E-state index in [2.05, 4.69) is 21.2 Å². The molecule has 0 aromatic heterocycles. The first-order valence-corrected chi connectivity index (χ1v) is 7.51. The zero-order valence-electron chi connectivity index (χ0n) is 12.4. The third-order valence-corrected chi connectivity index (χ3v) is 3.52. The van der Waals surface area contributed by atoms with Gasteiger partial charge in [0.25, 0.3) is 11.8 Å². The van der Waals surface area contributed by atoms with Crippen molar-refractivity contribution in [3.63, 3.8) is 0 Å². The number of methoxy groups -OCH3 is 1. The molecule has 0 unspecified atom stereocenters. The summed E-state index contributed by atoms with van der Waals surface area (Å²) in [5.74, 6) is -0.435. The average Bonchev–Trinajstić information content (AvgIpc) is 2.54. The molecule has 2 aromatic carbocycles. The van der Waals surface area contributed by atoms with E-state index in [1.165, 1.54) is 6.08 Å². The van der Waals surface area contributed by atoms with Crippen molar-refractivity contribution in [3.8, 4) is 5.75 Å². The van der Waals surface area contributed by atoms with Crippen molar-refractivity contribution in [1.29, 1.82) is 0 Å². The van der Waals surface area contributed by atoms with Crippen molar-refractivity contribution in [2.75, 3.05) is 7.11 Å². The number of ether oxygens (including phenoxy) is 1. The zero-order chi connectivity index (χ0) is 16.8. The molecule has 118 valence electrons. The molecule has 0 heterocycles.